The lowest BCUT2D eigenvalue weighted by molar-refractivity contribution is 1.07. The summed E-state index contributed by atoms with van der Waals surface area (Å²) < 4.78 is 0. The second kappa shape index (κ2) is 15.2. The topological polar surface area (TPSA) is 41.9 Å². The summed E-state index contributed by atoms with van der Waals surface area (Å²) in [5.74, 6) is 1.92. The molecule has 0 fully saturated rings. The van der Waals surface area contributed by atoms with E-state index in [2.05, 4.69) is 199 Å². The average molecular weight is 803 g/mol. The zero-order valence-corrected chi connectivity index (χ0v) is 34.2. The van der Waals surface area contributed by atoms with Crippen LogP contribution in [0.3, 0.4) is 0 Å². The summed E-state index contributed by atoms with van der Waals surface area (Å²) in [6.07, 6.45) is 0. The molecule has 0 aliphatic heterocycles. The number of rotatable bonds is 8. The summed E-state index contributed by atoms with van der Waals surface area (Å²) in [6, 6.07) is 81.8. The molecule has 0 atom stereocenters. The van der Waals surface area contributed by atoms with E-state index in [9.17, 15) is 0 Å². The molecule has 0 saturated heterocycles. The molecule has 1 aliphatic carbocycles. The molecule has 11 aromatic rings. The summed E-state index contributed by atoms with van der Waals surface area (Å²) in [5.41, 5.74) is 15.4. The maximum Gasteiger partial charge on any atom is 0.164 e. The number of aromatic nitrogens is 3. The first-order chi connectivity index (χ1) is 31.2. The number of anilines is 3. The van der Waals surface area contributed by atoms with Gasteiger partial charge in [-0.2, -0.15) is 0 Å². The third-order valence-electron chi connectivity index (χ3n) is 12.2. The molecule has 0 saturated carbocycles. The third kappa shape index (κ3) is 6.44. The van der Waals surface area contributed by atoms with Crippen molar-refractivity contribution in [1.29, 1.82) is 0 Å². The van der Waals surface area contributed by atoms with Crippen LogP contribution in [0.25, 0.3) is 100 Å². The Labute approximate surface area is 366 Å². The van der Waals surface area contributed by atoms with Gasteiger partial charge in [0, 0.05) is 39.0 Å². The number of nitrogens with zero attached hydrogens (tertiary/aromatic N) is 4. The number of fused-ring (bicyclic) bond motifs is 4. The standard InChI is InChI=1S/C59H38N4/c1-4-15-39(16-5-1)40-29-33-47(34-30-40)63(54-28-14-22-42-17-10-11-25-49(42)54)48-35-31-41(32-36-48)46-37-52-50-26-12-23-43-24-13-27-51(55(43)50)56(52)53(38-46)59-61-57(44-18-6-2-7-19-44)60-58(62-59)45-20-8-3-9-21-45/h1-38H. The SMILES string of the molecule is c1ccc(-c2ccc(N(c3ccc(-c4cc(-c5nc(-c6ccccc6)nc(-c6ccccc6)n5)c5c(c4)-c4cccc6cccc-5c46)cc3)c3cccc4ccccc34)cc2)cc1. The van der Waals surface area contributed by atoms with Crippen LogP contribution in [-0.2, 0) is 0 Å². The van der Waals surface area contributed by atoms with Crippen molar-refractivity contribution in [1.82, 2.24) is 15.0 Å². The molecular weight excluding hydrogens is 765 g/mol. The van der Waals surface area contributed by atoms with Crippen LogP contribution in [0.15, 0.2) is 231 Å². The molecule has 0 bridgehead atoms. The minimum absolute atomic E-state index is 0.641. The van der Waals surface area contributed by atoms with Crippen LogP contribution in [0.4, 0.5) is 17.1 Å². The molecule has 0 N–H and O–H groups in total. The van der Waals surface area contributed by atoms with Crippen LogP contribution in [0.1, 0.15) is 0 Å². The van der Waals surface area contributed by atoms with E-state index in [4.69, 9.17) is 15.0 Å². The minimum atomic E-state index is 0.641. The summed E-state index contributed by atoms with van der Waals surface area (Å²) in [7, 11) is 0. The summed E-state index contributed by atoms with van der Waals surface area (Å²) in [5, 5.41) is 4.86. The van der Waals surface area contributed by atoms with Crippen molar-refractivity contribution in [2.24, 2.45) is 0 Å². The minimum Gasteiger partial charge on any atom is -0.310 e. The van der Waals surface area contributed by atoms with Crippen LogP contribution in [-0.4, -0.2) is 15.0 Å². The van der Waals surface area contributed by atoms with Crippen LogP contribution in [0.5, 0.6) is 0 Å². The van der Waals surface area contributed by atoms with Crippen molar-refractivity contribution >= 4 is 38.6 Å². The summed E-state index contributed by atoms with van der Waals surface area (Å²) >= 11 is 0. The van der Waals surface area contributed by atoms with Gasteiger partial charge in [0.15, 0.2) is 17.5 Å². The van der Waals surface area contributed by atoms with Gasteiger partial charge in [0.1, 0.15) is 0 Å². The highest BCUT2D eigenvalue weighted by molar-refractivity contribution is 6.18. The van der Waals surface area contributed by atoms with Crippen molar-refractivity contribution in [2.75, 3.05) is 4.90 Å². The van der Waals surface area contributed by atoms with Gasteiger partial charge in [-0.25, -0.2) is 15.0 Å². The van der Waals surface area contributed by atoms with E-state index in [1.54, 1.807) is 0 Å². The second-order valence-corrected chi connectivity index (χ2v) is 16.0. The molecule has 12 rings (SSSR count). The molecular formula is C59H38N4. The Morgan fingerprint density at radius 3 is 1.38 bits per heavy atom. The molecule has 1 aliphatic rings. The Morgan fingerprint density at radius 2 is 0.746 bits per heavy atom. The fraction of sp³-hybridized carbons (Fsp3) is 0. The van der Waals surface area contributed by atoms with E-state index < -0.39 is 0 Å². The fourth-order valence-corrected chi connectivity index (χ4v) is 9.26. The highest BCUT2D eigenvalue weighted by Gasteiger charge is 2.28. The molecule has 4 nitrogen and oxygen atoms in total. The molecule has 0 unspecified atom stereocenters. The second-order valence-electron chi connectivity index (χ2n) is 16.0. The van der Waals surface area contributed by atoms with Crippen molar-refractivity contribution in [3.8, 4) is 78.7 Å². The first-order valence-corrected chi connectivity index (χ1v) is 21.4. The predicted octanol–water partition coefficient (Wildman–Crippen LogP) is 15.6. The van der Waals surface area contributed by atoms with Gasteiger partial charge in [-0.1, -0.05) is 188 Å². The zero-order chi connectivity index (χ0) is 41.7. The van der Waals surface area contributed by atoms with Crippen LogP contribution < -0.4 is 4.90 Å². The molecule has 0 radical (unpaired) electrons. The fourth-order valence-electron chi connectivity index (χ4n) is 9.26. The lowest BCUT2D eigenvalue weighted by atomic mass is 9.92. The Bertz CT molecular complexity index is 3410. The first kappa shape index (κ1) is 36.4. The van der Waals surface area contributed by atoms with Crippen molar-refractivity contribution in [3.63, 3.8) is 0 Å². The van der Waals surface area contributed by atoms with Gasteiger partial charge in [-0.3, -0.25) is 0 Å². The summed E-state index contributed by atoms with van der Waals surface area (Å²) in [4.78, 5) is 17.9. The molecule has 4 heteroatoms. The molecule has 1 heterocycles. The zero-order valence-electron chi connectivity index (χ0n) is 34.2. The van der Waals surface area contributed by atoms with Crippen LogP contribution in [0, 0.1) is 0 Å². The van der Waals surface area contributed by atoms with E-state index in [1.165, 1.54) is 49.4 Å². The lowest BCUT2D eigenvalue weighted by Gasteiger charge is -2.27. The smallest absolute Gasteiger partial charge is 0.164 e. The highest BCUT2D eigenvalue weighted by atomic mass is 15.1. The molecule has 0 spiro atoms. The first-order valence-electron chi connectivity index (χ1n) is 21.4. The van der Waals surface area contributed by atoms with Crippen molar-refractivity contribution in [2.45, 2.75) is 0 Å². The van der Waals surface area contributed by atoms with E-state index in [0.717, 1.165) is 50.4 Å². The van der Waals surface area contributed by atoms with Crippen LogP contribution in [0.2, 0.25) is 0 Å². The third-order valence-corrected chi connectivity index (χ3v) is 12.2. The van der Waals surface area contributed by atoms with E-state index in [1.807, 2.05) is 36.4 Å². The molecule has 294 valence electrons. The van der Waals surface area contributed by atoms with Gasteiger partial charge in [0.2, 0.25) is 0 Å². The summed E-state index contributed by atoms with van der Waals surface area (Å²) in [6.45, 7) is 0. The lowest BCUT2D eigenvalue weighted by Crippen LogP contribution is -2.10. The average Bonchev–Trinajstić information content (AvgIpc) is 3.69. The van der Waals surface area contributed by atoms with Gasteiger partial charge >= 0.3 is 0 Å². The highest BCUT2D eigenvalue weighted by Crippen LogP contribution is 2.52. The molecule has 63 heavy (non-hydrogen) atoms. The van der Waals surface area contributed by atoms with Gasteiger partial charge in [0.05, 0.1) is 5.69 Å². The Balaban J connectivity index is 1.03. The van der Waals surface area contributed by atoms with E-state index in [0.29, 0.717) is 17.5 Å². The maximum atomic E-state index is 5.26. The van der Waals surface area contributed by atoms with Gasteiger partial charge in [-0.15, -0.1) is 0 Å². The Morgan fingerprint density at radius 1 is 0.286 bits per heavy atom. The molecule has 1 aromatic heterocycles. The van der Waals surface area contributed by atoms with Crippen molar-refractivity contribution in [3.05, 3.63) is 231 Å². The van der Waals surface area contributed by atoms with Crippen LogP contribution >= 0.6 is 0 Å². The quantitative estimate of drug-likeness (QED) is 0.153. The van der Waals surface area contributed by atoms with Gasteiger partial charge in [-0.05, 0) is 97.6 Å². The Kier molecular flexibility index (Phi) is 8.79. The molecule has 0 amide bonds. The van der Waals surface area contributed by atoms with Gasteiger partial charge < -0.3 is 4.90 Å². The Hall–Kier alpha value is -8.47. The number of benzene rings is 10. The van der Waals surface area contributed by atoms with E-state index in [-0.39, 0.29) is 0 Å². The largest absolute Gasteiger partial charge is 0.310 e. The van der Waals surface area contributed by atoms with E-state index >= 15 is 0 Å². The normalized spacial score (nSPS) is 11.5. The monoisotopic (exact) mass is 802 g/mol. The molecule has 10 aromatic carbocycles. The van der Waals surface area contributed by atoms with Gasteiger partial charge in [0.25, 0.3) is 0 Å². The van der Waals surface area contributed by atoms with Crippen molar-refractivity contribution < 1.29 is 0 Å². The number of hydrogen-bond acceptors (Lipinski definition) is 4. The maximum absolute atomic E-state index is 5.26. The predicted molar refractivity (Wildman–Crippen MR) is 261 cm³/mol. The number of hydrogen-bond donors (Lipinski definition) is 0.